The minimum atomic E-state index is -0.456. The lowest BCUT2D eigenvalue weighted by Gasteiger charge is -2.32. The first-order valence-electron chi connectivity index (χ1n) is 10.6. The van der Waals surface area contributed by atoms with Crippen molar-refractivity contribution in [2.24, 2.45) is 20.0 Å². The predicted octanol–water partition coefficient (Wildman–Crippen LogP) is 0.175. The second-order valence-corrected chi connectivity index (χ2v) is 8.62. The molecule has 0 unspecified atom stereocenters. The largest absolute Gasteiger partial charge is 0.341 e. The zero-order valence-electron chi connectivity index (χ0n) is 17.7. The highest BCUT2D eigenvalue weighted by atomic mass is 16.5. The Morgan fingerprint density at radius 1 is 1.19 bits per heavy atom. The molecule has 164 valence electrons. The standard InChI is InChI=1S/C20H25N7O4/c1-24-18-16(19(29)25(2)20(24)30)27(11-21-18)10-15(28)26-7-3-4-12(9-26)8-14-22-17(23-31-14)13-5-6-13/h11-13H,3-10H2,1-2H3/t12-/m0/s1. The minimum absolute atomic E-state index is 0.00303. The molecule has 0 radical (unpaired) electrons. The molecule has 0 bridgehead atoms. The predicted molar refractivity (Wildman–Crippen MR) is 109 cm³/mol. The van der Waals surface area contributed by atoms with Gasteiger partial charge in [0, 0.05) is 39.5 Å². The van der Waals surface area contributed by atoms with E-state index in [1.807, 2.05) is 4.90 Å². The molecule has 1 saturated carbocycles. The molecule has 1 saturated heterocycles. The fourth-order valence-electron chi connectivity index (χ4n) is 4.33. The van der Waals surface area contributed by atoms with E-state index in [0.29, 0.717) is 31.3 Å². The third-order valence-corrected chi connectivity index (χ3v) is 6.28. The van der Waals surface area contributed by atoms with Crippen molar-refractivity contribution in [3.8, 4) is 0 Å². The SMILES string of the molecule is Cn1c(=O)c2c(ncn2CC(=O)N2CCC[C@@H](Cc3nc(C4CC4)no3)C2)n(C)c1=O. The Morgan fingerprint density at radius 3 is 2.77 bits per heavy atom. The molecule has 1 aliphatic heterocycles. The summed E-state index contributed by atoms with van der Waals surface area (Å²) < 4.78 is 9.28. The molecule has 0 N–H and O–H groups in total. The molecule has 1 aliphatic carbocycles. The Bertz CT molecular complexity index is 1260. The summed E-state index contributed by atoms with van der Waals surface area (Å²) in [5, 5.41) is 4.07. The number of carbonyl (C=O) groups excluding carboxylic acids is 1. The van der Waals surface area contributed by atoms with Gasteiger partial charge in [-0.3, -0.25) is 18.7 Å². The summed E-state index contributed by atoms with van der Waals surface area (Å²) in [6, 6.07) is 0. The molecule has 1 amide bonds. The molecule has 11 heteroatoms. The molecule has 0 spiro atoms. The lowest BCUT2D eigenvalue weighted by molar-refractivity contribution is -0.133. The van der Waals surface area contributed by atoms with Crippen molar-refractivity contribution in [1.29, 1.82) is 0 Å². The van der Waals surface area contributed by atoms with Crippen molar-refractivity contribution in [2.75, 3.05) is 13.1 Å². The van der Waals surface area contributed by atoms with Crippen LogP contribution in [0, 0.1) is 5.92 Å². The summed E-state index contributed by atoms with van der Waals surface area (Å²) in [5.74, 6) is 2.09. The van der Waals surface area contributed by atoms with E-state index in [4.69, 9.17) is 4.52 Å². The average molecular weight is 427 g/mol. The summed E-state index contributed by atoms with van der Waals surface area (Å²) >= 11 is 0. The molecule has 31 heavy (non-hydrogen) atoms. The Morgan fingerprint density at radius 2 is 2.00 bits per heavy atom. The number of likely N-dealkylation sites (tertiary alicyclic amines) is 1. The van der Waals surface area contributed by atoms with Crippen molar-refractivity contribution >= 4 is 17.1 Å². The Kier molecular flexibility index (Phi) is 4.75. The monoisotopic (exact) mass is 427 g/mol. The number of piperidine rings is 1. The van der Waals surface area contributed by atoms with Gasteiger partial charge in [0.1, 0.15) is 6.54 Å². The van der Waals surface area contributed by atoms with Gasteiger partial charge in [-0.15, -0.1) is 0 Å². The number of aromatic nitrogens is 6. The van der Waals surface area contributed by atoms with Gasteiger partial charge in [0.05, 0.1) is 6.33 Å². The number of carbonyl (C=O) groups is 1. The van der Waals surface area contributed by atoms with E-state index in [9.17, 15) is 14.4 Å². The van der Waals surface area contributed by atoms with Gasteiger partial charge in [0.2, 0.25) is 11.8 Å². The molecule has 5 rings (SSSR count). The fourth-order valence-corrected chi connectivity index (χ4v) is 4.33. The summed E-state index contributed by atoms with van der Waals surface area (Å²) in [6.07, 6.45) is 6.28. The number of amides is 1. The summed E-state index contributed by atoms with van der Waals surface area (Å²) in [7, 11) is 2.98. The van der Waals surface area contributed by atoms with E-state index in [1.54, 1.807) is 7.05 Å². The highest BCUT2D eigenvalue weighted by Crippen LogP contribution is 2.38. The van der Waals surface area contributed by atoms with Crippen molar-refractivity contribution in [3.63, 3.8) is 0 Å². The number of rotatable bonds is 5. The molecule has 1 atom stereocenters. The van der Waals surface area contributed by atoms with Gasteiger partial charge < -0.3 is 14.0 Å². The van der Waals surface area contributed by atoms with E-state index in [-0.39, 0.29) is 29.5 Å². The van der Waals surface area contributed by atoms with Gasteiger partial charge in [-0.05, 0) is 31.6 Å². The quantitative estimate of drug-likeness (QED) is 0.569. The maximum atomic E-state index is 13.0. The van der Waals surface area contributed by atoms with Gasteiger partial charge >= 0.3 is 5.69 Å². The second kappa shape index (κ2) is 7.47. The molecule has 4 heterocycles. The highest BCUT2D eigenvalue weighted by Gasteiger charge is 2.30. The van der Waals surface area contributed by atoms with Crippen LogP contribution in [0.1, 0.15) is 43.3 Å². The fraction of sp³-hybridized carbons (Fsp3) is 0.600. The van der Waals surface area contributed by atoms with E-state index < -0.39 is 11.2 Å². The molecule has 2 fully saturated rings. The molecular formula is C20H25N7O4. The molecule has 3 aromatic rings. The van der Waals surface area contributed by atoms with Crippen LogP contribution in [0.4, 0.5) is 0 Å². The van der Waals surface area contributed by atoms with Gasteiger partial charge in [0.25, 0.3) is 5.56 Å². The average Bonchev–Trinajstić information content (AvgIpc) is 3.38. The van der Waals surface area contributed by atoms with Crippen molar-refractivity contribution in [1.82, 2.24) is 33.7 Å². The lowest BCUT2D eigenvalue weighted by atomic mass is 9.94. The van der Waals surface area contributed by atoms with E-state index >= 15 is 0 Å². The zero-order chi connectivity index (χ0) is 21.7. The molecule has 11 nitrogen and oxygen atoms in total. The summed E-state index contributed by atoms with van der Waals surface area (Å²) in [4.78, 5) is 48.2. The third kappa shape index (κ3) is 3.57. The minimum Gasteiger partial charge on any atom is -0.341 e. The second-order valence-electron chi connectivity index (χ2n) is 8.62. The van der Waals surface area contributed by atoms with E-state index in [1.165, 1.54) is 22.5 Å². The molecule has 3 aromatic heterocycles. The first-order chi connectivity index (χ1) is 14.9. The Labute approximate surface area is 177 Å². The van der Waals surface area contributed by atoms with Crippen LogP contribution in [0.15, 0.2) is 20.4 Å². The third-order valence-electron chi connectivity index (χ3n) is 6.28. The van der Waals surface area contributed by atoms with Gasteiger partial charge in [-0.25, -0.2) is 9.78 Å². The van der Waals surface area contributed by atoms with Crippen LogP contribution in [-0.4, -0.2) is 52.7 Å². The van der Waals surface area contributed by atoms with Crippen LogP contribution >= 0.6 is 0 Å². The summed E-state index contributed by atoms with van der Waals surface area (Å²) in [5.41, 5.74) is -0.369. The number of aryl methyl sites for hydroxylation is 1. The number of imidazole rings is 1. The normalized spacial score (nSPS) is 19.3. The van der Waals surface area contributed by atoms with Crippen molar-refractivity contribution < 1.29 is 9.32 Å². The number of hydrogen-bond acceptors (Lipinski definition) is 7. The number of fused-ring (bicyclic) bond motifs is 1. The molecule has 0 aromatic carbocycles. The van der Waals surface area contributed by atoms with Crippen LogP contribution in [-0.2, 0) is 31.9 Å². The van der Waals surface area contributed by atoms with Crippen LogP contribution in [0.2, 0.25) is 0 Å². The first-order valence-corrected chi connectivity index (χ1v) is 10.6. The Hall–Kier alpha value is -3.24. The smallest absolute Gasteiger partial charge is 0.332 e. The van der Waals surface area contributed by atoms with Crippen molar-refractivity contribution in [3.05, 3.63) is 38.9 Å². The van der Waals surface area contributed by atoms with E-state index in [0.717, 1.165) is 36.1 Å². The van der Waals surface area contributed by atoms with Crippen LogP contribution in [0.3, 0.4) is 0 Å². The van der Waals surface area contributed by atoms with Crippen LogP contribution in [0.5, 0.6) is 0 Å². The van der Waals surface area contributed by atoms with E-state index in [2.05, 4.69) is 15.1 Å². The molecule has 2 aliphatic rings. The summed E-state index contributed by atoms with van der Waals surface area (Å²) in [6.45, 7) is 1.29. The molecular weight excluding hydrogens is 402 g/mol. The Balaban J connectivity index is 1.30. The number of hydrogen-bond donors (Lipinski definition) is 0. The van der Waals surface area contributed by atoms with Gasteiger partial charge in [0.15, 0.2) is 17.0 Å². The van der Waals surface area contributed by atoms with Crippen LogP contribution < -0.4 is 11.2 Å². The maximum Gasteiger partial charge on any atom is 0.332 e. The maximum absolute atomic E-state index is 13.0. The highest BCUT2D eigenvalue weighted by molar-refractivity contribution is 5.79. The topological polar surface area (TPSA) is 121 Å². The van der Waals surface area contributed by atoms with Gasteiger partial charge in [-0.2, -0.15) is 4.98 Å². The zero-order valence-corrected chi connectivity index (χ0v) is 17.7. The van der Waals surface area contributed by atoms with Crippen LogP contribution in [0.25, 0.3) is 11.2 Å². The van der Waals surface area contributed by atoms with Gasteiger partial charge in [-0.1, -0.05) is 5.16 Å². The number of nitrogens with zero attached hydrogens (tertiary/aromatic N) is 7. The lowest BCUT2D eigenvalue weighted by Crippen LogP contribution is -2.42. The van der Waals surface area contributed by atoms with Crippen molar-refractivity contribution in [2.45, 2.75) is 44.6 Å². The first kappa shape index (κ1) is 19.7.